The van der Waals surface area contributed by atoms with E-state index in [0.717, 1.165) is 39.0 Å². The first-order chi connectivity index (χ1) is 12.0. The van der Waals surface area contributed by atoms with Gasteiger partial charge in [-0.1, -0.05) is 6.07 Å². The summed E-state index contributed by atoms with van der Waals surface area (Å²) in [5.41, 5.74) is 0.540. The Labute approximate surface area is 149 Å². The minimum Gasteiger partial charge on any atom is -0.326 e. The van der Waals surface area contributed by atoms with E-state index in [2.05, 4.69) is 15.5 Å². The Balaban J connectivity index is 1.71. The molecule has 0 atom stereocenters. The predicted molar refractivity (Wildman–Crippen MR) is 96.9 cm³/mol. The molecule has 8 heteroatoms. The maximum absolute atomic E-state index is 12.8. The molecule has 2 N–H and O–H groups in total. The third-order valence-electron chi connectivity index (χ3n) is 4.91. The number of amides is 1. The number of sulfonamides is 1. The second kappa shape index (κ2) is 7.82. The number of piperazine rings is 1. The Kier molecular flexibility index (Phi) is 5.73. The van der Waals surface area contributed by atoms with Crippen LogP contribution in [0.5, 0.6) is 0 Å². The van der Waals surface area contributed by atoms with Gasteiger partial charge in [0.2, 0.25) is 15.9 Å². The van der Waals surface area contributed by atoms with Crippen LogP contribution in [0.25, 0.3) is 0 Å². The van der Waals surface area contributed by atoms with Crippen molar-refractivity contribution >= 4 is 21.6 Å². The number of carbonyl (C=O) groups excluding carboxylic acids is 1. The van der Waals surface area contributed by atoms with Crippen molar-refractivity contribution in [2.24, 2.45) is 5.92 Å². The van der Waals surface area contributed by atoms with E-state index in [1.165, 1.54) is 4.31 Å². The van der Waals surface area contributed by atoms with Gasteiger partial charge in [0.1, 0.15) is 0 Å². The number of likely N-dealkylation sites (N-methyl/N-ethyl adjacent to an activating group) is 1. The first-order valence-corrected chi connectivity index (χ1v) is 10.2. The molecule has 2 saturated heterocycles. The summed E-state index contributed by atoms with van der Waals surface area (Å²) >= 11 is 0. The van der Waals surface area contributed by atoms with E-state index in [-0.39, 0.29) is 16.7 Å². The molecule has 1 aromatic rings. The van der Waals surface area contributed by atoms with Crippen molar-refractivity contribution in [2.45, 2.75) is 17.7 Å². The van der Waals surface area contributed by atoms with Gasteiger partial charge in [-0.2, -0.15) is 4.31 Å². The first-order valence-electron chi connectivity index (χ1n) is 8.77. The molecule has 25 heavy (non-hydrogen) atoms. The van der Waals surface area contributed by atoms with Crippen LogP contribution in [0.4, 0.5) is 5.69 Å². The maximum atomic E-state index is 12.8. The van der Waals surface area contributed by atoms with E-state index in [4.69, 9.17) is 0 Å². The van der Waals surface area contributed by atoms with Crippen molar-refractivity contribution in [3.63, 3.8) is 0 Å². The van der Waals surface area contributed by atoms with Crippen molar-refractivity contribution in [3.05, 3.63) is 24.3 Å². The average molecular weight is 366 g/mol. The predicted octanol–water partition coefficient (Wildman–Crippen LogP) is 0.561. The van der Waals surface area contributed by atoms with Crippen LogP contribution in [0.15, 0.2) is 29.2 Å². The summed E-state index contributed by atoms with van der Waals surface area (Å²) in [6.45, 7) is 4.12. The van der Waals surface area contributed by atoms with Crippen molar-refractivity contribution < 1.29 is 13.2 Å². The fourth-order valence-corrected chi connectivity index (χ4v) is 4.71. The zero-order valence-electron chi connectivity index (χ0n) is 14.6. The van der Waals surface area contributed by atoms with Crippen LogP contribution in [0.3, 0.4) is 0 Å². The van der Waals surface area contributed by atoms with Crippen LogP contribution in [0.1, 0.15) is 12.8 Å². The van der Waals surface area contributed by atoms with Gasteiger partial charge in [-0.15, -0.1) is 0 Å². The lowest BCUT2D eigenvalue weighted by atomic mass is 9.97. The lowest BCUT2D eigenvalue weighted by Gasteiger charge is -2.31. The highest BCUT2D eigenvalue weighted by atomic mass is 32.2. The molecule has 2 heterocycles. The Bertz CT molecular complexity index is 708. The van der Waals surface area contributed by atoms with E-state index in [1.54, 1.807) is 24.3 Å². The molecule has 2 fully saturated rings. The van der Waals surface area contributed by atoms with Crippen LogP contribution >= 0.6 is 0 Å². The summed E-state index contributed by atoms with van der Waals surface area (Å²) in [7, 11) is -1.54. The normalized spacial score (nSPS) is 21.2. The molecule has 7 nitrogen and oxygen atoms in total. The number of hydrogen-bond acceptors (Lipinski definition) is 5. The fourth-order valence-electron chi connectivity index (χ4n) is 3.24. The largest absolute Gasteiger partial charge is 0.326 e. The Morgan fingerprint density at radius 1 is 1.16 bits per heavy atom. The summed E-state index contributed by atoms with van der Waals surface area (Å²) in [4.78, 5) is 14.7. The Hall–Kier alpha value is -1.48. The second-order valence-electron chi connectivity index (χ2n) is 6.75. The highest BCUT2D eigenvalue weighted by Gasteiger charge is 2.28. The summed E-state index contributed by atoms with van der Waals surface area (Å²) in [6, 6.07) is 6.57. The van der Waals surface area contributed by atoms with Crippen molar-refractivity contribution in [1.82, 2.24) is 14.5 Å². The lowest BCUT2D eigenvalue weighted by Crippen LogP contribution is -2.47. The van der Waals surface area contributed by atoms with E-state index in [0.29, 0.717) is 18.8 Å². The summed E-state index contributed by atoms with van der Waals surface area (Å²) in [6.07, 6.45) is 1.62. The summed E-state index contributed by atoms with van der Waals surface area (Å²) in [5.74, 6) is -0.0465. The number of piperidine rings is 1. The molecular formula is C17H26N4O3S. The van der Waals surface area contributed by atoms with Crippen LogP contribution in [-0.2, 0) is 14.8 Å². The van der Waals surface area contributed by atoms with Gasteiger partial charge in [-0.25, -0.2) is 8.42 Å². The standard InChI is InChI=1S/C17H26N4O3S/c1-20-9-11-21(12-10-20)25(23,24)16-4-2-3-15(13-16)19-17(22)14-5-7-18-8-6-14/h2-4,13-14,18H,5-12H2,1H3,(H,19,22). The van der Waals surface area contributed by atoms with Gasteiger partial charge in [0.15, 0.2) is 0 Å². The number of benzene rings is 1. The molecule has 0 spiro atoms. The van der Waals surface area contributed by atoms with Gasteiger partial charge in [-0.3, -0.25) is 4.79 Å². The number of nitrogens with one attached hydrogen (secondary N) is 2. The lowest BCUT2D eigenvalue weighted by molar-refractivity contribution is -0.120. The molecule has 0 unspecified atom stereocenters. The van der Waals surface area contributed by atoms with Crippen molar-refractivity contribution in [3.8, 4) is 0 Å². The monoisotopic (exact) mass is 366 g/mol. The van der Waals surface area contributed by atoms with Gasteiger partial charge in [-0.05, 0) is 51.2 Å². The van der Waals surface area contributed by atoms with Gasteiger partial charge in [0.05, 0.1) is 4.90 Å². The van der Waals surface area contributed by atoms with Gasteiger partial charge >= 0.3 is 0 Å². The highest BCUT2D eigenvalue weighted by Crippen LogP contribution is 2.22. The van der Waals surface area contributed by atoms with E-state index in [9.17, 15) is 13.2 Å². The molecule has 0 radical (unpaired) electrons. The van der Waals surface area contributed by atoms with Crippen LogP contribution < -0.4 is 10.6 Å². The molecule has 2 aliphatic heterocycles. The Morgan fingerprint density at radius 2 is 1.84 bits per heavy atom. The zero-order valence-corrected chi connectivity index (χ0v) is 15.4. The minimum atomic E-state index is -3.52. The minimum absolute atomic E-state index is 0.0147. The molecule has 0 aliphatic carbocycles. The molecule has 0 aromatic heterocycles. The number of nitrogens with zero attached hydrogens (tertiary/aromatic N) is 2. The van der Waals surface area contributed by atoms with Gasteiger partial charge in [0.25, 0.3) is 0 Å². The molecule has 2 aliphatic rings. The first kappa shape index (κ1) is 18.3. The molecular weight excluding hydrogens is 340 g/mol. The SMILES string of the molecule is CN1CCN(S(=O)(=O)c2cccc(NC(=O)C3CCNCC3)c2)CC1. The van der Waals surface area contributed by atoms with Gasteiger partial charge < -0.3 is 15.5 Å². The topological polar surface area (TPSA) is 81.8 Å². The van der Waals surface area contributed by atoms with Gasteiger partial charge in [0, 0.05) is 37.8 Å². The third-order valence-corrected chi connectivity index (χ3v) is 6.81. The average Bonchev–Trinajstić information content (AvgIpc) is 2.63. The zero-order chi connectivity index (χ0) is 17.9. The number of carbonyl (C=O) groups is 1. The van der Waals surface area contributed by atoms with Crippen LogP contribution in [0, 0.1) is 5.92 Å². The summed E-state index contributed by atoms with van der Waals surface area (Å²) < 4.78 is 27.2. The van der Waals surface area contributed by atoms with Crippen LogP contribution in [0.2, 0.25) is 0 Å². The van der Waals surface area contributed by atoms with Crippen LogP contribution in [-0.4, -0.2) is 69.8 Å². The smallest absolute Gasteiger partial charge is 0.243 e. The number of anilines is 1. The van der Waals surface area contributed by atoms with E-state index < -0.39 is 10.0 Å². The number of rotatable bonds is 4. The quantitative estimate of drug-likeness (QED) is 0.814. The summed E-state index contributed by atoms with van der Waals surface area (Å²) in [5, 5.41) is 6.11. The fraction of sp³-hybridized carbons (Fsp3) is 0.588. The second-order valence-corrected chi connectivity index (χ2v) is 8.69. The molecule has 3 rings (SSSR count). The van der Waals surface area contributed by atoms with E-state index >= 15 is 0 Å². The highest BCUT2D eigenvalue weighted by molar-refractivity contribution is 7.89. The molecule has 138 valence electrons. The molecule has 1 amide bonds. The van der Waals surface area contributed by atoms with Crippen molar-refractivity contribution in [1.29, 1.82) is 0 Å². The van der Waals surface area contributed by atoms with E-state index in [1.807, 2.05) is 7.05 Å². The molecule has 0 bridgehead atoms. The number of hydrogen-bond donors (Lipinski definition) is 2. The Morgan fingerprint density at radius 3 is 2.52 bits per heavy atom. The maximum Gasteiger partial charge on any atom is 0.243 e. The third kappa shape index (κ3) is 4.38. The molecule has 0 saturated carbocycles. The van der Waals surface area contributed by atoms with Crippen molar-refractivity contribution in [2.75, 3.05) is 51.6 Å². The molecule has 1 aromatic carbocycles.